The zero-order valence-corrected chi connectivity index (χ0v) is 15.3. The van der Waals surface area contributed by atoms with E-state index in [-0.39, 0.29) is 12.5 Å². The van der Waals surface area contributed by atoms with Crippen molar-refractivity contribution >= 4 is 28.8 Å². The fourth-order valence-electron chi connectivity index (χ4n) is 2.23. The Bertz CT molecular complexity index is 864. The molecule has 0 atom stereocenters. The summed E-state index contributed by atoms with van der Waals surface area (Å²) in [6.45, 7) is 2.59. The second-order valence-corrected chi connectivity index (χ2v) is 6.58. The highest BCUT2D eigenvalue weighted by molar-refractivity contribution is 7.13. The fourth-order valence-corrected chi connectivity index (χ4v) is 3.11. The summed E-state index contributed by atoms with van der Waals surface area (Å²) >= 11 is 7.67. The van der Waals surface area contributed by atoms with E-state index in [0.717, 1.165) is 4.88 Å². The Kier molecular flexibility index (Phi) is 5.35. The number of nitrogens with zero attached hydrogens (tertiary/aromatic N) is 3. The molecule has 2 heterocycles. The minimum Gasteiger partial charge on any atom is -0.492 e. The molecule has 3 rings (SSSR count). The highest BCUT2D eigenvalue weighted by Crippen LogP contribution is 2.26. The lowest BCUT2D eigenvalue weighted by atomic mass is 10.2. The van der Waals surface area contributed by atoms with Crippen LogP contribution in [0.4, 0.5) is 0 Å². The summed E-state index contributed by atoms with van der Waals surface area (Å²) in [5, 5.41) is 6.28. The van der Waals surface area contributed by atoms with Crippen LogP contribution in [0, 0.1) is 0 Å². The smallest absolute Gasteiger partial charge is 0.254 e. The molecule has 0 saturated carbocycles. The Labute approximate surface area is 154 Å². The Balaban J connectivity index is 1.69. The molecule has 1 aromatic carbocycles. The van der Waals surface area contributed by atoms with Crippen molar-refractivity contribution in [2.24, 2.45) is 0 Å². The molecule has 0 fully saturated rings. The van der Waals surface area contributed by atoms with Gasteiger partial charge in [-0.1, -0.05) is 22.8 Å². The lowest BCUT2D eigenvalue weighted by Crippen LogP contribution is -2.26. The summed E-state index contributed by atoms with van der Waals surface area (Å²) in [6.07, 6.45) is 0. The number of halogens is 1. The lowest BCUT2D eigenvalue weighted by Gasteiger charge is -2.15. The third-order valence-corrected chi connectivity index (χ3v) is 4.57. The third kappa shape index (κ3) is 4.00. The van der Waals surface area contributed by atoms with E-state index in [4.69, 9.17) is 20.9 Å². The van der Waals surface area contributed by atoms with Crippen molar-refractivity contribution in [2.45, 2.75) is 13.5 Å². The molecule has 8 heteroatoms. The van der Waals surface area contributed by atoms with Crippen molar-refractivity contribution in [3.63, 3.8) is 0 Å². The highest BCUT2D eigenvalue weighted by Gasteiger charge is 2.17. The van der Waals surface area contributed by atoms with E-state index in [1.165, 1.54) is 16.2 Å². The summed E-state index contributed by atoms with van der Waals surface area (Å²) < 4.78 is 10.6. The van der Waals surface area contributed by atoms with Gasteiger partial charge < -0.3 is 14.2 Å². The number of benzene rings is 1. The summed E-state index contributed by atoms with van der Waals surface area (Å²) in [5.41, 5.74) is 0.467. The molecule has 25 heavy (non-hydrogen) atoms. The van der Waals surface area contributed by atoms with E-state index in [2.05, 4.69) is 10.1 Å². The van der Waals surface area contributed by atoms with Crippen LogP contribution in [-0.4, -0.2) is 34.6 Å². The quantitative estimate of drug-likeness (QED) is 0.646. The minimum atomic E-state index is -0.194. The first-order valence-corrected chi connectivity index (χ1v) is 8.88. The molecule has 0 aliphatic heterocycles. The fraction of sp³-hybridized carbons (Fsp3) is 0.235. The molecule has 0 bridgehead atoms. The zero-order valence-electron chi connectivity index (χ0n) is 13.7. The van der Waals surface area contributed by atoms with E-state index in [1.807, 2.05) is 24.4 Å². The van der Waals surface area contributed by atoms with Gasteiger partial charge in [0.05, 0.1) is 23.1 Å². The molecular weight excluding hydrogens is 362 g/mol. The van der Waals surface area contributed by atoms with Crippen molar-refractivity contribution in [1.29, 1.82) is 0 Å². The van der Waals surface area contributed by atoms with E-state index >= 15 is 0 Å². The third-order valence-electron chi connectivity index (χ3n) is 3.41. The maximum Gasteiger partial charge on any atom is 0.254 e. The summed E-state index contributed by atoms with van der Waals surface area (Å²) in [4.78, 5) is 19.3. The predicted molar refractivity (Wildman–Crippen MR) is 96.0 cm³/mol. The molecule has 3 aromatic rings. The number of thiophene rings is 1. The Hall–Kier alpha value is -2.38. The van der Waals surface area contributed by atoms with E-state index < -0.39 is 0 Å². The number of aromatic nitrogens is 2. The molecule has 0 aliphatic carbocycles. The first kappa shape index (κ1) is 17.4. The molecule has 0 radical (unpaired) electrons. The van der Waals surface area contributed by atoms with Crippen molar-refractivity contribution < 1.29 is 14.1 Å². The van der Waals surface area contributed by atoms with E-state index in [1.54, 1.807) is 25.2 Å². The number of rotatable bonds is 6. The molecule has 130 valence electrons. The molecule has 0 spiro atoms. The largest absolute Gasteiger partial charge is 0.492 e. The first-order chi connectivity index (χ1) is 12.1. The maximum atomic E-state index is 12.5. The molecule has 1 amide bonds. The van der Waals surface area contributed by atoms with Crippen LogP contribution in [0.25, 0.3) is 10.7 Å². The molecule has 0 N–H and O–H groups in total. The lowest BCUT2D eigenvalue weighted by molar-refractivity contribution is 0.0769. The predicted octanol–water partition coefficient (Wildman–Crippen LogP) is 4.12. The number of carbonyl (C=O) groups excluding carboxylic acids is 1. The number of carbonyl (C=O) groups is 1. The van der Waals surface area contributed by atoms with Crippen molar-refractivity contribution in [3.8, 4) is 16.5 Å². The Morgan fingerprint density at radius 1 is 1.40 bits per heavy atom. The van der Waals surface area contributed by atoms with Crippen molar-refractivity contribution in [1.82, 2.24) is 15.0 Å². The summed E-state index contributed by atoms with van der Waals surface area (Å²) in [7, 11) is 1.67. The van der Waals surface area contributed by atoms with Crippen LogP contribution in [-0.2, 0) is 6.54 Å². The highest BCUT2D eigenvalue weighted by atomic mass is 35.5. The van der Waals surface area contributed by atoms with Gasteiger partial charge >= 0.3 is 0 Å². The van der Waals surface area contributed by atoms with Crippen LogP contribution >= 0.6 is 22.9 Å². The zero-order chi connectivity index (χ0) is 17.8. The van der Waals surface area contributed by atoms with Gasteiger partial charge in [-0.15, -0.1) is 11.3 Å². The normalized spacial score (nSPS) is 10.7. The number of hydrogen-bond acceptors (Lipinski definition) is 6. The molecule has 0 aliphatic rings. The van der Waals surface area contributed by atoms with Crippen LogP contribution < -0.4 is 4.74 Å². The summed E-state index contributed by atoms with van der Waals surface area (Å²) in [5.74, 6) is 1.26. The molecule has 0 unspecified atom stereocenters. The number of ether oxygens (including phenoxy) is 1. The van der Waals surface area contributed by atoms with Gasteiger partial charge in [0.1, 0.15) is 5.75 Å². The SMILES string of the molecule is CCOc1ccc(C(=O)N(C)Cc2nc(-c3cccs3)no2)cc1Cl. The second-order valence-electron chi connectivity index (χ2n) is 5.23. The topological polar surface area (TPSA) is 68.5 Å². The van der Waals surface area contributed by atoms with Gasteiger partial charge in [0.15, 0.2) is 0 Å². The van der Waals surface area contributed by atoms with Crippen LogP contribution in [0.3, 0.4) is 0 Å². The number of hydrogen-bond donors (Lipinski definition) is 0. The standard InChI is InChI=1S/C17H16ClN3O3S/c1-3-23-13-7-6-11(9-12(13)18)17(22)21(2)10-15-19-16(20-24-15)14-5-4-8-25-14/h4-9H,3,10H2,1-2H3. The molecular formula is C17H16ClN3O3S. The van der Waals surface area contributed by atoms with Crippen LogP contribution in [0.15, 0.2) is 40.2 Å². The van der Waals surface area contributed by atoms with Crippen LogP contribution in [0.2, 0.25) is 5.02 Å². The van der Waals surface area contributed by atoms with Crippen LogP contribution in [0.5, 0.6) is 5.75 Å². The van der Waals surface area contributed by atoms with Crippen molar-refractivity contribution in [3.05, 3.63) is 52.2 Å². The van der Waals surface area contributed by atoms with Gasteiger partial charge in [0, 0.05) is 12.6 Å². The summed E-state index contributed by atoms with van der Waals surface area (Å²) in [6, 6.07) is 8.79. The Morgan fingerprint density at radius 3 is 2.92 bits per heavy atom. The van der Waals surface area contributed by atoms with E-state index in [0.29, 0.717) is 34.7 Å². The van der Waals surface area contributed by atoms with Gasteiger partial charge in [-0.25, -0.2) is 0 Å². The van der Waals surface area contributed by atoms with Gasteiger partial charge in [-0.2, -0.15) is 4.98 Å². The monoisotopic (exact) mass is 377 g/mol. The van der Waals surface area contributed by atoms with Gasteiger partial charge in [0.25, 0.3) is 5.91 Å². The van der Waals surface area contributed by atoms with Crippen molar-refractivity contribution in [2.75, 3.05) is 13.7 Å². The minimum absolute atomic E-state index is 0.194. The molecule has 6 nitrogen and oxygen atoms in total. The van der Waals surface area contributed by atoms with Gasteiger partial charge in [-0.3, -0.25) is 4.79 Å². The molecule has 0 saturated heterocycles. The second kappa shape index (κ2) is 7.67. The average Bonchev–Trinajstić information content (AvgIpc) is 3.27. The number of amides is 1. The first-order valence-electron chi connectivity index (χ1n) is 7.62. The molecule has 2 aromatic heterocycles. The van der Waals surface area contributed by atoms with Gasteiger partial charge in [0.2, 0.25) is 11.7 Å². The average molecular weight is 378 g/mol. The van der Waals surface area contributed by atoms with Crippen LogP contribution in [0.1, 0.15) is 23.2 Å². The maximum absolute atomic E-state index is 12.5. The Morgan fingerprint density at radius 2 is 2.24 bits per heavy atom. The van der Waals surface area contributed by atoms with E-state index in [9.17, 15) is 4.79 Å². The van der Waals surface area contributed by atoms with Gasteiger partial charge in [-0.05, 0) is 36.6 Å².